The highest BCUT2D eigenvalue weighted by Crippen LogP contribution is 2.32. The van der Waals surface area contributed by atoms with Gasteiger partial charge in [0.15, 0.2) is 0 Å². The van der Waals surface area contributed by atoms with Gasteiger partial charge in [0.25, 0.3) is 0 Å². The van der Waals surface area contributed by atoms with E-state index in [0.717, 1.165) is 18.6 Å². The molecule has 0 amide bonds. The Bertz CT molecular complexity index is 603. The largest absolute Gasteiger partial charge is 0.416 e. The van der Waals surface area contributed by atoms with Crippen LogP contribution in [-0.2, 0) is 16.2 Å². The van der Waals surface area contributed by atoms with Crippen molar-refractivity contribution in [3.05, 3.63) is 29.8 Å². The van der Waals surface area contributed by atoms with Gasteiger partial charge in [-0.15, -0.1) is 0 Å². The predicted octanol–water partition coefficient (Wildman–Crippen LogP) is 3.37. The van der Waals surface area contributed by atoms with Gasteiger partial charge in [-0.3, -0.25) is 0 Å². The van der Waals surface area contributed by atoms with Crippen LogP contribution in [0.4, 0.5) is 13.2 Å². The van der Waals surface area contributed by atoms with Crippen molar-refractivity contribution in [2.45, 2.75) is 31.3 Å². The van der Waals surface area contributed by atoms with Crippen LogP contribution in [0.3, 0.4) is 0 Å². The number of hydrogen-bond donors (Lipinski definition) is 0. The van der Waals surface area contributed by atoms with Crippen LogP contribution in [-0.4, -0.2) is 25.8 Å². The molecular formula is C14H18F3NO2S. The van der Waals surface area contributed by atoms with Gasteiger partial charge in [0.2, 0.25) is 10.0 Å². The number of benzene rings is 1. The minimum absolute atomic E-state index is 0.203. The number of hydrogen-bond acceptors (Lipinski definition) is 2. The number of rotatable bonds is 2. The summed E-state index contributed by atoms with van der Waals surface area (Å²) in [5.41, 5.74) is -0.943. The van der Waals surface area contributed by atoms with Crippen LogP contribution >= 0.6 is 0 Å². The lowest BCUT2D eigenvalue weighted by Crippen LogP contribution is -2.42. The van der Waals surface area contributed by atoms with E-state index in [2.05, 4.69) is 0 Å². The molecule has 0 aliphatic carbocycles. The molecule has 2 unspecified atom stereocenters. The van der Waals surface area contributed by atoms with Crippen LogP contribution in [0.1, 0.15) is 25.8 Å². The second-order valence-corrected chi connectivity index (χ2v) is 7.73. The van der Waals surface area contributed by atoms with E-state index in [9.17, 15) is 21.6 Å². The Hall–Kier alpha value is -1.08. The van der Waals surface area contributed by atoms with Crippen LogP contribution in [0, 0.1) is 11.8 Å². The Morgan fingerprint density at radius 3 is 2.24 bits per heavy atom. The van der Waals surface area contributed by atoms with E-state index in [1.165, 1.54) is 10.4 Å². The molecule has 118 valence electrons. The Morgan fingerprint density at radius 1 is 1.14 bits per heavy atom. The normalized spacial score (nSPS) is 25.0. The minimum Gasteiger partial charge on any atom is -0.207 e. The van der Waals surface area contributed by atoms with Gasteiger partial charge in [0.05, 0.1) is 10.5 Å². The summed E-state index contributed by atoms with van der Waals surface area (Å²) < 4.78 is 64.5. The van der Waals surface area contributed by atoms with Gasteiger partial charge in [0.1, 0.15) is 0 Å². The first kappa shape index (κ1) is 16.3. The number of alkyl halides is 3. The molecule has 1 aliphatic rings. The zero-order chi connectivity index (χ0) is 15.8. The molecule has 1 aromatic rings. The van der Waals surface area contributed by atoms with Gasteiger partial charge < -0.3 is 0 Å². The first-order valence-electron chi connectivity index (χ1n) is 6.78. The quantitative estimate of drug-likeness (QED) is 0.837. The highest BCUT2D eigenvalue weighted by molar-refractivity contribution is 7.89. The summed E-state index contributed by atoms with van der Waals surface area (Å²) in [5, 5.41) is 0. The Balaban J connectivity index is 2.36. The van der Waals surface area contributed by atoms with Crippen LogP contribution in [0.25, 0.3) is 0 Å². The van der Waals surface area contributed by atoms with E-state index < -0.39 is 21.8 Å². The average Bonchev–Trinajstić information content (AvgIpc) is 2.36. The summed E-state index contributed by atoms with van der Waals surface area (Å²) in [6.45, 7) is 4.60. The molecule has 1 aliphatic heterocycles. The van der Waals surface area contributed by atoms with E-state index in [1.807, 2.05) is 13.8 Å². The lowest BCUT2D eigenvalue weighted by molar-refractivity contribution is -0.137. The predicted molar refractivity (Wildman–Crippen MR) is 73.1 cm³/mol. The zero-order valence-electron chi connectivity index (χ0n) is 11.9. The molecule has 1 fully saturated rings. The van der Waals surface area contributed by atoms with Crippen LogP contribution in [0.15, 0.2) is 29.2 Å². The van der Waals surface area contributed by atoms with Gasteiger partial charge in [0, 0.05) is 13.1 Å². The summed E-state index contributed by atoms with van der Waals surface area (Å²) in [6.07, 6.45) is -3.62. The highest BCUT2D eigenvalue weighted by atomic mass is 32.2. The Labute approximate surface area is 122 Å². The number of piperidine rings is 1. The molecule has 7 heteroatoms. The van der Waals surface area contributed by atoms with E-state index >= 15 is 0 Å². The fourth-order valence-electron chi connectivity index (χ4n) is 2.78. The van der Waals surface area contributed by atoms with Crippen molar-refractivity contribution in [2.75, 3.05) is 13.1 Å². The highest BCUT2D eigenvalue weighted by Gasteiger charge is 2.35. The minimum atomic E-state index is -4.55. The zero-order valence-corrected chi connectivity index (χ0v) is 12.7. The van der Waals surface area contributed by atoms with Crippen molar-refractivity contribution in [1.82, 2.24) is 4.31 Å². The second-order valence-electron chi connectivity index (χ2n) is 5.79. The second kappa shape index (κ2) is 5.61. The Morgan fingerprint density at radius 2 is 1.71 bits per heavy atom. The van der Waals surface area contributed by atoms with Crippen molar-refractivity contribution in [3.8, 4) is 0 Å². The van der Waals surface area contributed by atoms with Crippen LogP contribution in [0.5, 0.6) is 0 Å². The Kier molecular flexibility index (Phi) is 4.35. The fraction of sp³-hybridized carbons (Fsp3) is 0.571. The lowest BCUT2D eigenvalue weighted by Gasteiger charge is -2.34. The summed E-state index contributed by atoms with van der Waals surface area (Å²) in [6, 6.07) is 3.93. The molecular weight excluding hydrogens is 303 g/mol. The third-order valence-electron chi connectivity index (χ3n) is 3.63. The molecule has 21 heavy (non-hydrogen) atoms. The van der Waals surface area contributed by atoms with E-state index in [-0.39, 0.29) is 16.7 Å². The van der Waals surface area contributed by atoms with E-state index in [0.29, 0.717) is 19.2 Å². The summed E-state index contributed by atoms with van der Waals surface area (Å²) >= 11 is 0. The SMILES string of the molecule is CC1CC(C)CN(S(=O)(=O)c2cccc(C(F)(F)F)c2)C1. The monoisotopic (exact) mass is 321 g/mol. The first-order chi connectivity index (χ1) is 9.60. The number of sulfonamides is 1. The van der Waals surface area contributed by atoms with Crippen LogP contribution in [0.2, 0.25) is 0 Å². The molecule has 0 spiro atoms. The molecule has 1 saturated heterocycles. The molecule has 2 atom stereocenters. The third-order valence-corrected chi connectivity index (χ3v) is 5.46. The topological polar surface area (TPSA) is 37.4 Å². The smallest absolute Gasteiger partial charge is 0.207 e. The van der Waals surface area contributed by atoms with Crippen molar-refractivity contribution in [2.24, 2.45) is 11.8 Å². The molecule has 0 N–H and O–H groups in total. The van der Waals surface area contributed by atoms with Crippen LogP contribution < -0.4 is 0 Å². The molecule has 0 aromatic heterocycles. The molecule has 1 aromatic carbocycles. The molecule has 0 radical (unpaired) electrons. The summed E-state index contributed by atoms with van der Waals surface area (Å²) in [5.74, 6) is 0.406. The molecule has 0 bridgehead atoms. The summed E-state index contributed by atoms with van der Waals surface area (Å²) in [7, 11) is -3.88. The van der Waals surface area contributed by atoms with Crippen molar-refractivity contribution in [3.63, 3.8) is 0 Å². The third kappa shape index (κ3) is 3.58. The van der Waals surface area contributed by atoms with Crippen molar-refractivity contribution >= 4 is 10.0 Å². The standard InChI is InChI=1S/C14H18F3NO2S/c1-10-6-11(2)9-18(8-10)21(19,20)13-5-3-4-12(7-13)14(15,16)17/h3-5,7,10-11H,6,8-9H2,1-2H3. The number of nitrogens with zero attached hydrogens (tertiary/aromatic N) is 1. The maximum atomic E-state index is 12.7. The van der Waals surface area contributed by atoms with Gasteiger partial charge in [-0.05, 0) is 36.5 Å². The summed E-state index contributed by atoms with van der Waals surface area (Å²) in [4.78, 5) is -0.293. The molecule has 1 heterocycles. The average molecular weight is 321 g/mol. The molecule has 2 rings (SSSR count). The van der Waals surface area contributed by atoms with E-state index in [1.54, 1.807) is 0 Å². The maximum Gasteiger partial charge on any atom is 0.416 e. The molecule has 0 saturated carbocycles. The van der Waals surface area contributed by atoms with Gasteiger partial charge in [-0.2, -0.15) is 17.5 Å². The first-order valence-corrected chi connectivity index (χ1v) is 8.22. The van der Waals surface area contributed by atoms with Gasteiger partial charge >= 0.3 is 6.18 Å². The lowest BCUT2D eigenvalue weighted by atomic mass is 9.94. The maximum absolute atomic E-state index is 12.7. The van der Waals surface area contributed by atoms with Crippen molar-refractivity contribution in [1.29, 1.82) is 0 Å². The fourth-order valence-corrected chi connectivity index (χ4v) is 4.51. The molecule has 3 nitrogen and oxygen atoms in total. The van der Waals surface area contributed by atoms with Gasteiger partial charge in [-0.1, -0.05) is 19.9 Å². The number of halogens is 3. The van der Waals surface area contributed by atoms with Crippen molar-refractivity contribution < 1.29 is 21.6 Å². The van der Waals surface area contributed by atoms with E-state index in [4.69, 9.17) is 0 Å². The van der Waals surface area contributed by atoms with Gasteiger partial charge in [-0.25, -0.2) is 8.42 Å².